The first-order valence-corrected chi connectivity index (χ1v) is 6.80. The Morgan fingerprint density at radius 2 is 1.74 bits per heavy atom. The summed E-state index contributed by atoms with van der Waals surface area (Å²) in [5.74, 6) is -2.07. The van der Waals surface area contributed by atoms with Gasteiger partial charge in [0.15, 0.2) is 0 Å². The molecule has 2 aromatic rings. The number of ether oxygens (including phenoxy) is 1. The predicted octanol–water partition coefficient (Wildman–Crippen LogP) is 3.79. The monoisotopic (exact) mass is 320 g/mol. The largest absolute Gasteiger partial charge is 0.462 e. The van der Waals surface area contributed by atoms with Gasteiger partial charge in [0.1, 0.15) is 11.6 Å². The van der Waals surface area contributed by atoms with Crippen molar-refractivity contribution in [2.24, 2.45) is 0 Å². The average Bonchev–Trinajstić information content (AvgIpc) is 2.51. The number of hydrogen-bond donors (Lipinski definition) is 2. The summed E-state index contributed by atoms with van der Waals surface area (Å²) in [7, 11) is 0. The molecule has 7 heteroatoms. The molecule has 0 bridgehead atoms. The van der Waals surface area contributed by atoms with Gasteiger partial charge in [0, 0.05) is 11.8 Å². The quantitative estimate of drug-likeness (QED) is 0.842. The lowest BCUT2D eigenvalue weighted by molar-refractivity contribution is 0.0526. The van der Waals surface area contributed by atoms with Crippen molar-refractivity contribution in [2.45, 2.75) is 6.92 Å². The average molecular weight is 320 g/mol. The Morgan fingerprint density at radius 3 is 2.35 bits per heavy atom. The molecule has 0 aliphatic heterocycles. The molecule has 2 aromatic carbocycles. The molecule has 0 unspecified atom stereocenters. The second-order valence-corrected chi connectivity index (χ2v) is 4.50. The molecule has 5 nitrogen and oxygen atoms in total. The SMILES string of the molecule is CCOC(=O)c1ccc(NC(=O)Nc2ccc(F)cc2F)cc1. The van der Waals surface area contributed by atoms with E-state index in [1.165, 1.54) is 24.3 Å². The van der Waals surface area contributed by atoms with Gasteiger partial charge in [-0.15, -0.1) is 0 Å². The van der Waals surface area contributed by atoms with E-state index < -0.39 is 23.6 Å². The van der Waals surface area contributed by atoms with E-state index in [4.69, 9.17) is 4.74 Å². The minimum absolute atomic E-state index is 0.146. The molecule has 120 valence electrons. The third kappa shape index (κ3) is 4.50. The molecule has 0 saturated heterocycles. The first-order valence-electron chi connectivity index (χ1n) is 6.80. The van der Waals surface area contributed by atoms with Gasteiger partial charge >= 0.3 is 12.0 Å². The van der Waals surface area contributed by atoms with Gasteiger partial charge < -0.3 is 15.4 Å². The van der Waals surface area contributed by atoms with Crippen LogP contribution in [0.15, 0.2) is 42.5 Å². The summed E-state index contributed by atoms with van der Waals surface area (Å²) in [4.78, 5) is 23.3. The highest BCUT2D eigenvalue weighted by molar-refractivity contribution is 6.00. The molecule has 2 amide bonds. The molecule has 0 saturated carbocycles. The van der Waals surface area contributed by atoms with Gasteiger partial charge in [-0.05, 0) is 43.3 Å². The number of halogens is 2. The molecule has 0 aliphatic carbocycles. The van der Waals surface area contributed by atoms with E-state index in [2.05, 4.69) is 10.6 Å². The summed E-state index contributed by atoms with van der Waals surface area (Å²) < 4.78 is 31.1. The van der Waals surface area contributed by atoms with Gasteiger partial charge in [-0.1, -0.05) is 0 Å². The van der Waals surface area contributed by atoms with Crippen LogP contribution in [0.4, 0.5) is 25.0 Å². The Labute approximate surface area is 131 Å². The van der Waals surface area contributed by atoms with Crippen molar-refractivity contribution in [3.63, 3.8) is 0 Å². The summed E-state index contributed by atoms with van der Waals surface area (Å²) in [5.41, 5.74) is 0.604. The van der Waals surface area contributed by atoms with Crippen LogP contribution in [-0.4, -0.2) is 18.6 Å². The standard InChI is InChI=1S/C16H14F2N2O3/c1-2-23-15(21)10-3-6-12(7-4-10)19-16(22)20-14-8-5-11(17)9-13(14)18/h3-9H,2H2,1H3,(H2,19,20,22). The first-order chi connectivity index (χ1) is 11.0. The predicted molar refractivity (Wildman–Crippen MR) is 81.4 cm³/mol. The summed E-state index contributed by atoms with van der Waals surface area (Å²) in [5, 5.41) is 4.73. The van der Waals surface area contributed by atoms with Gasteiger partial charge in [0.05, 0.1) is 17.9 Å². The lowest BCUT2D eigenvalue weighted by Gasteiger charge is -2.09. The number of esters is 1. The van der Waals surface area contributed by atoms with Crippen molar-refractivity contribution in [1.29, 1.82) is 0 Å². The van der Waals surface area contributed by atoms with Crippen molar-refractivity contribution in [3.05, 3.63) is 59.7 Å². The second kappa shape index (κ2) is 7.35. The molecule has 0 aliphatic rings. The molecule has 0 heterocycles. The fourth-order valence-corrected chi connectivity index (χ4v) is 1.78. The molecule has 2 N–H and O–H groups in total. The van der Waals surface area contributed by atoms with Crippen LogP contribution in [-0.2, 0) is 4.74 Å². The minimum atomic E-state index is -0.877. The fourth-order valence-electron chi connectivity index (χ4n) is 1.78. The van der Waals surface area contributed by atoms with E-state index >= 15 is 0 Å². The van der Waals surface area contributed by atoms with E-state index in [0.29, 0.717) is 17.3 Å². The van der Waals surface area contributed by atoms with Gasteiger partial charge in [-0.25, -0.2) is 18.4 Å². The molecule has 0 fully saturated rings. The Hall–Kier alpha value is -2.96. The maximum Gasteiger partial charge on any atom is 0.338 e. The topological polar surface area (TPSA) is 67.4 Å². The number of rotatable bonds is 4. The summed E-state index contributed by atoms with van der Waals surface area (Å²) >= 11 is 0. The highest BCUT2D eigenvalue weighted by Crippen LogP contribution is 2.16. The van der Waals surface area contributed by atoms with E-state index in [-0.39, 0.29) is 12.3 Å². The lowest BCUT2D eigenvalue weighted by atomic mass is 10.2. The van der Waals surface area contributed by atoms with Crippen LogP contribution < -0.4 is 10.6 Å². The number of urea groups is 1. The fraction of sp³-hybridized carbons (Fsp3) is 0.125. The maximum absolute atomic E-state index is 13.4. The molecule has 0 aromatic heterocycles. The third-order valence-corrected chi connectivity index (χ3v) is 2.83. The Balaban J connectivity index is 1.98. The van der Waals surface area contributed by atoms with Crippen molar-refractivity contribution in [1.82, 2.24) is 0 Å². The smallest absolute Gasteiger partial charge is 0.338 e. The van der Waals surface area contributed by atoms with Crippen LogP contribution in [0.2, 0.25) is 0 Å². The van der Waals surface area contributed by atoms with Crippen molar-refractivity contribution in [2.75, 3.05) is 17.2 Å². The molecule has 0 radical (unpaired) electrons. The van der Waals surface area contributed by atoms with Gasteiger partial charge in [0.2, 0.25) is 0 Å². The Morgan fingerprint density at radius 1 is 1.04 bits per heavy atom. The van der Waals surface area contributed by atoms with Crippen LogP contribution in [0.5, 0.6) is 0 Å². The molecule has 2 rings (SSSR count). The van der Waals surface area contributed by atoms with Crippen LogP contribution in [0.25, 0.3) is 0 Å². The highest BCUT2D eigenvalue weighted by atomic mass is 19.1. The zero-order valence-electron chi connectivity index (χ0n) is 12.2. The van der Waals surface area contributed by atoms with Crippen molar-refractivity contribution >= 4 is 23.4 Å². The molecular formula is C16H14F2N2O3. The number of nitrogens with one attached hydrogen (secondary N) is 2. The van der Waals surface area contributed by atoms with Crippen LogP contribution in [0, 0.1) is 11.6 Å². The van der Waals surface area contributed by atoms with Gasteiger partial charge in [-0.2, -0.15) is 0 Å². The van der Waals surface area contributed by atoms with Crippen molar-refractivity contribution < 1.29 is 23.1 Å². The van der Waals surface area contributed by atoms with E-state index in [1.54, 1.807) is 6.92 Å². The first kappa shape index (κ1) is 16.4. The number of carbonyl (C=O) groups is 2. The third-order valence-electron chi connectivity index (χ3n) is 2.83. The van der Waals surface area contributed by atoms with Crippen LogP contribution >= 0.6 is 0 Å². The van der Waals surface area contributed by atoms with Gasteiger partial charge in [-0.3, -0.25) is 0 Å². The number of amides is 2. The Kier molecular flexibility index (Phi) is 5.24. The number of carbonyl (C=O) groups excluding carboxylic acids is 2. The number of anilines is 2. The van der Waals surface area contributed by atoms with E-state index in [9.17, 15) is 18.4 Å². The molecule has 0 spiro atoms. The molecule has 23 heavy (non-hydrogen) atoms. The highest BCUT2D eigenvalue weighted by Gasteiger charge is 2.09. The molecule has 0 atom stereocenters. The normalized spacial score (nSPS) is 10.0. The summed E-state index contributed by atoms with van der Waals surface area (Å²) in [6.07, 6.45) is 0. The lowest BCUT2D eigenvalue weighted by Crippen LogP contribution is -2.20. The Bertz CT molecular complexity index is 718. The van der Waals surface area contributed by atoms with Crippen LogP contribution in [0.3, 0.4) is 0 Å². The second-order valence-electron chi connectivity index (χ2n) is 4.50. The summed E-state index contributed by atoms with van der Waals surface area (Å²) in [6.45, 7) is 1.97. The van der Waals surface area contributed by atoms with E-state index in [1.807, 2.05) is 0 Å². The van der Waals surface area contributed by atoms with Gasteiger partial charge in [0.25, 0.3) is 0 Å². The zero-order valence-corrected chi connectivity index (χ0v) is 12.2. The minimum Gasteiger partial charge on any atom is -0.462 e. The number of hydrogen-bond acceptors (Lipinski definition) is 3. The van der Waals surface area contributed by atoms with Crippen molar-refractivity contribution in [3.8, 4) is 0 Å². The number of benzene rings is 2. The van der Waals surface area contributed by atoms with Crippen LogP contribution in [0.1, 0.15) is 17.3 Å². The van der Waals surface area contributed by atoms with E-state index in [0.717, 1.165) is 12.1 Å². The zero-order chi connectivity index (χ0) is 16.8. The summed E-state index contributed by atoms with van der Waals surface area (Å²) in [6, 6.07) is 8.13. The maximum atomic E-state index is 13.4. The molecular weight excluding hydrogens is 306 g/mol.